The van der Waals surface area contributed by atoms with Crippen molar-refractivity contribution in [2.45, 2.75) is 20.4 Å². The van der Waals surface area contributed by atoms with E-state index in [1.807, 2.05) is 25.1 Å². The average molecular weight is 475 g/mol. The van der Waals surface area contributed by atoms with Gasteiger partial charge in [-0.25, -0.2) is 4.99 Å². The number of benzene rings is 1. The van der Waals surface area contributed by atoms with Crippen LogP contribution < -0.4 is 14.8 Å². The van der Waals surface area contributed by atoms with Crippen LogP contribution in [0.5, 0.6) is 11.5 Å². The Morgan fingerprint density at radius 3 is 2.85 bits per heavy atom. The lowest BCUT2D eigenvalue weighted by molar-refractivity contribution is -0.145. The molecule has 0 aliphatic carbocycles. The van der Waals surface area contributed by atoms with Gasteiger partial charge in [-0.2, -0.15) is 0 Å². The largest absolute Gasteiger partial charge is 0.469 e. The Morgan fingerprint density at radius 1 is 1.35 bits per heavy atom. The highest BCUT2D eigenvalue weighted by Gasteiger charge is 2.36. The van der Waals surface area contributed by atoms with Crippen LogP contribution in [-0.2, 0) is 16.1 Å². The molecule has 1 aromatic carbocycles. The molecule has 1 N–H and O–H groups in total. The molecule has 2 aliphatic heterocycles. The number of aliphatic imine (C=N–C) groups is 1. The minimum absolute atomic E-state index is 0. The third-order valence-electron chi connectivity index (χ3n) is 4.60. The molecule has 2 atom stereocenters. The van der Waals surface area contributed by atoms with Crippen LogP contribution in [0.3, 0.4) is 0 Å². The van der Waals surface area contributed by atoms with Gasteiger partial charge in [0.25, 0.3) is 0 Å². The highest BCUT2D eigenvalue weighted by Crippen LogP contribution is 2.32. The Morgan fingerprint density at radius 2 is 2.12 bits per heavy atom. The zero-order chi connectivity index (χ0) is 17.8. The molecule has 2 heterocycles. The van der Waals surface area contributed by atoms with E-state index in [0.717, 1.165) is 36.1 Å². The summed E-state index contributed by atoms with van der Waals surface area (Å²) >= 11 is 0. The van der Waals surface area contributed by atoms with E-state index in [4.69, 9.17) is 19.2 Å². The summed E-state index contributed by atoms with van der Waals surface area (Å²) in [6.45, 7) is 7.09. The molecule has 0 amide bonds. The Labute approximate surface area is 171 Å². The first-order chi connectivity index (χ1) is 12.1. The van der Waals surface area contributed by atoms with Crippen LogP contribution in [-0.4, -0.2) is 50.4 Å². The number of ether oxygens (including phenoxy) is 3. The highest BCUT2D eigenvalue weighted by atomic mass is 127. The molecule has 1 fully saturated rings. The summed E-state index contributed by atoms with van der Waals surface area (Å²) in [5, 5.41) is 3.31. The summed E-state index contributed by atoms with van der Waals surface area (Å²) in [7, 11) is 1.44. The number of nitrogens with zero attached hydrogens (tertiary/aromatic N) is 2. The van der Waals surface area contributed by atoms with Gasteiger partial charge >= 0.3 is 5.97 Å². The second-order valence-electron chi connectivity index (χ2n) is 6.37. The van der Waals surface area contributed by atoms with Gasteiger partial charge in [-0.05, 0) is 30.5 Å². The molecule has 7 nitrogen and oxygen atoms in total. The fraction of sp³-hybridized carbons (Fsp3) is 0.556. The van der Waals surface area contributed by atoms with Crippen molar-refractivity contribution in [1.29, 1.82) is 0 Å². The van der Waals surface area contributed by atoms with Crippen molar-refractivity contribution in [3.8, 4) is 11.5 Å². The fourth-order valence-corrected chi connectivity index (χ4v) is 3.23. The van der Waals surface area contributed by atoms with Crippen molar-refractivity contribution in [2.24, 2.45) is 16.8 Å². The molecular weight excluding hydrogens is 449 g/mol. The maximum absolute atomic E-state index is 11.9. The maximum atomic E-state index is 11.9. The molecule has 1 aromatic rings. The first-order valence-corrected chi connectivity index (χ1v) is 8.62. The van der Waals surface area contributed by atoms with E-state index >= 15 is 0 Å². The SMILES string of the molecule is CCNC(=NCc1ccc2c(c1)OCO2)N1CC(C)C(C(=O)OC)C1.I. The molecule has 0 aromatic heterocycles. The first-order valence-electron chi connectivity index (χ1n) is 8.62. The molecule has 0 spiro atoms. The zero-order valence-corrected chi connectivity index (χ0v) is 17.7. The normalized spacial score (nSPS) is 21.3. The minimum atomic E-state index is -0.151. The Hall–Kier alpha value is -1.71. The van der Waals surface area contributed by atoms with Crippen molar-refractivity contribution in [3.05, 3.63) is 23.8 Å². The second-order valence-corrected chi connectivity index (χ2v) is 6.37. The Bertz CT molecular complexity index is 668. The van der Waals surface area contributed by atoms with E-state index in [1.165, 1.54) is 7.11 Å². The molecule has 144 valence electrons. The number of methoxy groups -OCH3 is 1. The van der Waals surface area contributed by atoms with E-state index in [9.17, 15) is 4.79 Å². The molecule has 0 bridgehead atoms. The van der Waals surface area contributed by atoms with E-state index in [-0.39, 0.29) is 48.6 Å². The third-order valence-corrected chi connectivity index (χ3v) is 4.60. The van der Waals surface area contributed by atoms with Crippen molar-refractivity contribution < 1.29 is 19.0 Å². The second kappa shape index (κ2) is 9.29. The number of likely N-dealkylation sites (tertiary alicyclic amines) is 1. The predicted molar refractivity (Wildman–Crippen MR) is 109 cm³/mol. The van der Waals surface area contributed by atoms with Gasteiger partial charge in [-0.1, -0.05) is 13.0 Å². The standard InChI is InChI=1S/C18H25N3O4.HI/c1-4-19-18(21-9-12(2)14(10-21)17(22)23-3)20-8-13-5-6-15-16(7-13)25-11-24-15;/h5-7,12,14H,4,8-11H2,1-3H3,(H,19,20);1H. The van der Waals surface area contributed by atoms with Gasteiger partial charge < -0.3 is 24.4 Å². The van der Waals surface area contributed by atoms with Gasteiger partial charge in [0.2, 0.25) is 6.79 Å². The third kappa shape index (κ3) is 4.52. The Kier molecular flexibility index (Phi) is 7.36. The lowest BCUT2D eigenvalue weighted by Gasteiger charge is -2.21. The predicted octanol–water partition coefficient (Wildman–Crippen LogP) is 2.24. The summed E-state index contributed by atoms with van der Waals surface area (Å²) in [6, 6.07) is 5.86. The Balaban J connectivity index is 0.00000243. The highest BCUT2D eigenvalue weighted by molar-refractivity contribution is 14.0. The number of rotatable bonds is 4. The van der Waals surface area contributed by atoms with Crippen molar-refractivity contribution >= 4 is 35.9 Å². The van der Waals surface area contributed by atoms with Gasteiger partial charge in [0.1, 0.15) is 0 Å². The summed E-state index contributed by atoms with van der Waals surface area (Å²) in [6.07, 6.45) is 0. The van der Waals surface area contributed by atoms with Crippen molar-refractivity contribution in [2.75, 3.05) is 33.5 Å². The fourth-order valence-electron chi connectivity index (χ4n) is 3.23. The molecule has 0 radical (unpaired) electrons. The number of fused-ring (bicyclic) bond motifs is 1. The smallest absolute Gasteiger partial charge is 0.310 e. The van der Waals surface area contributed by atoms with Crippen molar-refractivity contribution in [3.63, 3.8) is 0 Å². The van der Waals surface area contributed by atoms with Gasteiger partial charge in [0.05, 0.1) is 19.6 Å². The topological polar surface area (TPSA) is 72.4 Å². The number of halogens is 1. The minimum Gasteiger partial charge on any atom is -0.469 e. The quantitative estimate of drug-likeness (QED) is 0.312. The lowest BCUT2D eigenvalue weighted by atomic mass is 9.99. The molecule has 3 rings (SSSR count). The molecule has 2 unspecified atom stereocenters. The maximum Gasteiger partial charge on any atom is 0.310 e. The number of hydrogen-bond acceptors (Lipinski definition) is 5. The average Bonchev–Trinajstić information content (AvgIpc) is 3.23. The summed E-state index contributed by atoms with van der Waals surface area (Å²) in [5.41, 5.74) is 1.05. The van der Waals surface area contributed by atoms with Crippen LogP contribution >= 0.6 is 24.0 Å². The summed E-state index contributed by atoms with van der Waals surface area (Å²) < 4.78 is 15.7. The zero-order valence-electron chi connectivity index (χ0n) is 15.4. The molecule has 26 heavy (non-hydrogen) atoms. The van der Waals surface area contributed by atoms with E-state index in [2.05, 4.69) is 17.1 Å². The summed E-state index contributed by atoms with van der Waals surface area (Å²) in [4.78, 5) is 18.8. The number of hydrogen-bond donors (Lipinski definition) is 1. The van der Waals surface area contributed by atoms with E-state index < -0.39 is 0 Å². The number of esters is 1. The number of carbonyl (C=O) groups is 1. The van der Waals surface area contributed by atoms with Crippen LogP contribution in [0.1, 0.15) is 19.4 Å². The number of guanidine groups is 1. The van der Waals surface area contributed by atoms with Crippen LogP contribution in [0, 0.1) is 11.8 Å². The molecular formula is C18H26IN3O4. The molecule has 2 aliphatic rings. The van der Waals surface area contributed by atoms with Crippen LogP contribution in [0.4, 0.5) is 0 Å². The molecule has 0 saturated carbocycles. The molecule has 8 heteroatoms. The van der Waals surface area contributed by atoms with Crippen LogP contribution in [0.25, 0.3) is 0 Å². The van der Waals surface area contributed by atoms with Crippen LogP contribution in [0.2, 0.25) is 0 Å². The van der Waals surface area contributed by atoms with Crippen molar-refractivity contribution in [1.82, 2.24) is 10.2 Å². The molecule has 1 saturated heterocycles. The van der Waals surface area contributed by atoms with E-state index in [1.54, 1.807) is 0 Å². The lowest BCUT2D eigenvalue weighted by Crippen LogP contribution is -2.40. The number of carbonyl (C=O) groups excluding carboxylic acids is 1. The van der Waals surface area contributed by atoms with Gasteiger partial charge in [0.15, 0.2) is 17.5 Å². The van der Waals surface area contributed by atoms with Gasteiger partial charge in [-0.15, -0.1) is 24.0 Å². The first kappa shape index (κ1) is 20.6. The monoisotopic (exact) mass is 475 g/mol. The van der Waals surface area contributed by atoms with Crippen LogP contribution in [0.15, 0.2) is 23.2 Å². The summed E-state index contributed by atoms with van der Waals surface area (Å²) in [5.74, 6) is 2.33. The number of nitrogens with one attached hydrogen (secondary N) is 1. The van der Waals surface area contributed by atoms with Gasteiger partial charge in [0, 0.05) is 19.6 Å². The van der Waals surface area contributed by atoms with Gasteiger partial charge in [-0.3, -0.25) is 4.79 Å². The van der Waals surface area contributed by atoms with E-state index in [0.29, 0.717) is 13.1 Å².